The number of aliphatic hydroxyl groups excluding tert-OH is 1. The third kappa shape index (κ3) is 2.76. The predicted octanol–water partition coefficient (Wildman–Crippen LogP) is 3.79. The fourth-order valence-electron chi connectivity index (χ4n) is 2.32. The zero-order valence-corrected chi connectivity index (χ0v) is 11.1. The van der Waals surface area contributed by atoms with Gasteiger partial charge < -0.3 is 5.11 Å². The molecule has 4 heteroatoms. The molecule has 106 valence electrons. The first-order chi connectivity index (χ1) is 10.1. The van der Waals surface area contributed by atoms with E-state index in [0.717, 1.165) is 17.0 Å². The Morgan fingerprint density at radius 3 is 2.76 bits per heavy atom. The van der Waals surface area contributed by atoms with Crippen LogP contribution in [0.4, 0.5) is 8.78 Å². The van der Waals surface area contributed by atoms with Crippen LogP contribution in [0.3, 0.4) is 0 Å². The van der Waals surface area contributed by atoms with Gasteiger partial charge in [0.1, 0.15) is 0 Å². The highest BCUT2D eigenvalue weighted by molar-refractivity contribution is 5.78. The summed E-state index contributed by atoms with van der Waals surface area (Å²) in [5.74, 6) is -1.81. The van der Waals surface area contributed by atoms with Crippen molar-refractivity contribution in [3.8, 4) is 0 Å². The molecule has 0 bridgehead atoms. The molecule has 1 heterocycles. The molecule has 0 radical (unpaired) electrons. The molecular formula is C17H13F2NO. The maximum absolute atomic E-state index is 13.6. The average molecular weight is 285 g/mol. The Morgan fingerprint density at radius 1 is 1.05 bits per heavy atom. The molecule has 0 amide bonds. The second-order valence-electron chi connectivity index (χ2n) is 4.89. The summed E-state index contributed by atoms with van der Waals surface area (Å²) in [7, 11) is 0. The molecule has 21 heavy (non-hydrogen) atoms. The van der Waals surface area contributed by atoms with E-state index in [2.05, 4.69) is 4.98 Å². The quantitative estimate of drug-likeness (QED) is 0.794. The highest BCUT2D eigenvalue weighted by Gasteiger charge is 2.14. The summed E-state index contributed by atoms with van der Waals surface area (Å²) in [5.41, 5.74) is 1.54. The van der Waals surface area contributed by atoms with Gasteiger partial charge in [0.15, 0.2) is 11.6 Å². The van der Waals surface area contributed by atoms with Crippen LogP contribution in [0.2, 0.25) is 0 Å². The van der Waals surface area contributed by atoms with Gasteiger partial charge >= 0.3 is 0 Å². The van der Waals surface area contributed by atoms with Gasteiger partial charge in [0.25, 0.3) is 0 Å². The Labute approximate surface area is 120 Å². The van der Waals surface area contributed by atoms with Crippen molar-refractivity contribution in [3.05, 3.63) is 77.5 Å². The van der Waals surface area contributed by atoms with E-state index in [1.807, 2.05) is 18.2 Å². The maximum atomic E-state index is 13.6. The lowest BCUT2D eigenvalue weighted by Gasteiger charge is -2.12. The van der Waals surface area contributed by atoms with Gasteiger partial charge in [-0.1, -0.05) is 30.3 Å². The summed E-state index contributed by atoms with van der Waals surface area (Å²) in [6, 6.07) is 13.1. The molecular weight excluding hydrogens is 272 g/mol. The van der Waals surface area contributed by atoms with E-state index in [-0.39, 0.29) is 12.0 Å². The SMILES string of the molecule is OC(Cc1cccc(F)c1F)c1ccc2cccnc2c1. The van der Waals surface area contributed by atoms with Gasteiger partial charge in [-0.05, 0) is 29.3 Å². The summed E-state index contributed by atoms with van der Waals surface area (Å²) in [4.78, 5) is 4.22. The molecule has 2 aromatic carbocycles. The van der Waals surface area contributed by atoms with Crippen LogP contribution in [0.15, 0.2) is 54.7 Å². The van der Waals surface area contributed by atoms with Gasteiger partial charge in [0, 0.05) is 18.0 Å². The number of aliphatic hydroxyl groups is 1. The average Bonchev–Trinajstić information content (AvgIpc) is 2.51. The van der Waals surface area contributed by atoms with Gasteiger partial charge in [-0.25, -0.2) is 8.78 Å². The minimum absolute atomic E-state index is 0.0158. The molecule has 3 aromatic rings. The monoisotopic (exact) mass is 285 g/mol. The van der Waals surface area contributed by atoms with Crippen molar-refractivity contribution in [2.75, 3.05) is 0 Å². The molecule has 2 nitrogen and oxygen atoms in total. The number of hydrogen-bond acceptors (Lipinski definition) is 2. The van der Waals surface area contributed by atoms with E-state index in [1.54, 1.807) is 18.3 Å². The Bertz CT molecular complexity index is 789. The molecule has 1 aromatic heterocycles. The number of pyridine rings is 1. The molecule has 0 fully saturated rings. The Morgan fingerprint density at radius 2 is 1.90 bits per heavy atom. The summed E-state index contributed by atoms with van der Waals surface area (Å²) in [6.45, 7) is 0. The molecule has 0 saturated carbocycles. The topological polar surface area (TPSA) is 33.1 Å². The van der Waals surface area contributed by atoms with Crippen molar-refractivity contribution in [2.45, 2.75) is 12.5 Å². The van der Waals surface area contributed by atoms with Crippen molar-refractivity contribution in [3.63, 3.8) is 0 Å². The minimum atomic E-state index is -0.910. The van der Waals surface area contributed by atoms with Crippen LogP contribution in [0.1, 0.15) is 17.2 Å². The summed E-state index contributed by atoms with van der Waals surface area (Å²) >= 11 is 0. The zero-order chi connectivity index (χ0) is 14.8. The smallest absolute Gasteiger partial charge is 0.162 e. The van der Waals surface area contributed by atoms with Gasteiger partial charge in [-0.3, -0.25) is 4.98 Å². The van der Waals surface area contributed by atoms with Gasteiger partial charge in [-0.2, -0.15) is 0 Å². The number of halogens is 2. The number of benzene rings is 2. The molecule has 0 saturated heterocycles. The second-order valence-corrected chi connectivity index (χ2v) is 4.89. The fourth-order valence-corrected chi connectivity index (χ4v) is 2.32. The molecule has 0 spiro atoms. The summed E-state index contributed by atoms with van der Waals surface area (Å²) in [6.07, 6.45) is 0.778. The van der Waals surface area contributed by atoms with E-state index >= 15 is 0 Å². The summed E-state index contributed by atoms with van der Waals surface area (Å²) in [5, 5.41) is 11.2. The first-order valence-electron chi connectivity index (χ1n) is 6.61. The van der Waals surface area contributed by atoms with Crippen LogP contribution in [0, 0.1) is 11.6 Å². The van der Waals surface area contributed by atoms with Crippen LogP contribution in [0.25, 0.3) is 10.9 Å². The van der Waals surface area contributed by atoms with Crippen LogP contribution < -0.4 is 0 Å². The van der Waals surface area contributed by atoms with Crippen molar-refractivity contribution in [2.24, 2.45) is 0 Å². The number of hydrogen-bond donors (Lipinski definition) is 1. The minimum Gasteiger partial charge on any atom is -0.388 e. The van der Waals surface area contributed by atoms with Crippen LogP contribution in [0.5, 0.6) is 0 Å². The largest absolute Gasteiger partial charge is 0.388 e. The van der Waals surface area contributed by atoms with Crippen molar-refractivity contribution >= 4 is 10.9 Å². The molecule has 1 N–H and O–H groups in total. The predicted molar refractivity (Wildman–Crippen MR) is 76.8 cm³/mol. The first-order valence-corrected chi connectivity index (χ1v) is 6.61. The standard InChI is InChI=1S/C17H13F2NO/c18-14-5-1-3-13(17(14)19)10-16(21)12-7-6-11-4-2-8-20-15(11)9-12/h1-9,16,21H,10H2. The number of fused-ring (bicyclic) bond motifs is 1. The highest BCUT2D eigenvalue weighted by atomic mass is 19.2. The normalized spacial score (nSPS) is 12.5. The Kier molecular flexibility index (Phi) is 3.62. The third-order valence-electron chi connectivity index (χ3n) is 3.46. The highest BCUT2D eigenvalue weighted by Crippen LogP contribution is 2.23. The van der Waals surface area contributed by atoms with Crippen molar-refractivity contribution < 1.29 is 13.9 Å². The van der Waals surface area contributed by atoms with Gasteiger partial charge in [0.05, 0.1) is 11.6 Å². The van der Waals surface area contributed by atoms with Crippen molar-refractivity contribution in [1.29, 1.82) is 0 Å². The number of rotatable bonds is 3. The molecule has 1 atom stereocenters. The lowest BCUT2D eigenvalue weighted by atomic mass is 10.00. The number of aromatic nitrogens is 1. The molecule has 0 aliphatic rings. The van der Waals surface area contributed by atoms with E-state index in [1.165, 1.54) is 12.1 Å². The van der Waals surface area contributed by atoms with Crippen LogP contribution in [-0.4, -0.2) is 10.1 Å². The molecule has 0 aliphatic heterocycles. The van der Waals surface area contributed by atoms with E-state index in [4.69, 9.17) is 0 Å². The molecule has 3 rings (SSSR count). The van der Waals surface area contributed by atoms with Crippen LogP contribution >= 0.6 is 0 Å². The van der Waals surface area contributed by atoms with E-state index in [9.17, 15) is 13.9 Å². The van der Waals surface area contributed by atoms with E-state index < -0.39 is 17.7 Å². The zero-order valence-electron chi connectivity index (χ0n) is 11.1. The van der Waals surface area contributed by atoms with Gasteiger partial charge in [0.2, 0.25) is 0 Å². The fraction of sp³-hybridized carbons (Fsp3) is 0.118. The second kappa shape index (κ2) is 5.58. The molecule has 1 unspecified atom stereocenters. The first kappa shape index (κ1) is 13.6. The lowest BCUT2D eigenvalue weighted by Crippen LogP contribution is -2.04. The maximum Gasteiger partial charge on any atom is 0.162 e. The Hall–Kier alpha value is -2.33. The van der Waals surface area contributed by atoms with E-state index in [0.29, 0.717) is 5.56 Å². The molecule has 0 aliphatic carbocycles. The van der Waals surface area contributed by atoms with Crippen LogP contribution in [-0.2, 0) is 6.42 Å². The number of nitrogens with zero attached hydrogens (tertiary/aromatic N) is 1. The summed E-state index contributed by atoms with van der Waals surface area (Å²) < 4.78 is 26.8. The third-order valence-corrected chi connectivity index (χ3v) is 3.46. The Balaban J connectivity index is 1.89. The van der Waals surface area contributed by atoms with Gasteiger partial charge in [-0.15, -0.1) is 0 Å². The lowest BCUT2D eigenvalue weighted by molar-refractivity contribution is 0.177. The van der Waals surface area contributed by atoms with Crippen molar-refractivity contribution in [1.82, 2.24) is 4.98 Å².